The molecular formula is C34H43N3O7S. The summed E-state index contributed by atoms with van der Waals surface area (Å²) in [5.41, 5.74) is 0.873. The Morgan fingerprint density at radius 2 is 1.56 bits per heavy atom. The Labute approximate surface area is 266 Å². The third-order valence-electron chi connectivity index (χ3n) is 8.09. The fraction of sp³-hybridized carbons (Fsp3) is 0.412. The maximum Gasteiger partial charge on any atom is 0.264 e. The molecule has 1 aliphatic rings. The second kappa shape index (κ2) is 15.7. The van der Waals surface area contributed by atoms with Crippen molar-refractivity contribution in [2.24, 2.45) is 0 Å². The van der Waals surface area contributed by atoms with Gasteiger partial charge in [0.15, 0.2) is 0 Å². The zero-order valence-corrected chi connectivity index (χ0v) is 27.2. The van der Waals surface area contributed by atoms with Crippen LogP contribution in [0.15, 0.2) is 77.7 Å². The van der Waals surface area contributed by atoms with Crippen LogP contribution in [0.25, 0.3) is 0 Å². The van der Waals surface area contributed by atoms with E-state index in [1.807, 2.05) is 19.1 Å². The Morgan fingerprint density at radius 1 is 0.867 bits per heavy atom. The normalized spacial score (nSPS) is 14.2. The number of nitrogens with one attached hydrogen (secondary N) is 1. The van der Waals surface area contributed by atoms with Crippen molar-refractivity contribution in [3.05, 3.63) is 78.4 Å². The van der Waals surface area contributed by atoms with Crippen molar-refractivity contribution in [3.63, 3.8) is 0 Å². The van der Waals surface area contributed by atoms with E-state index in [1.165, 1.54) is 37.3 Å². The first-order chi connectivity index (χ1) is 21.7. The summed E-state index contributed by atoms with van der Waals surface area (Å²) in [5, 5.41) is 3.16. The molecule has 3 aromatic carbocycles. The molecule has 0 saturated heterocycles. The van der Waals surface area contributed by atoms with Gasteiger partial charge in [0.25, 0.3) is 10.0 Å². The van der Waals surface area contributed by atoms with Gasteiger partial charge in [-0.1, -0.05) is 56.5 Å². The van der Waals surface area contributed by atoms with Gasteiger partial charge in [0.1, 0.15) is 29.8 Å². The van der Waals surface area contributed by atoms with E-state index in [2.05, 4.69) is 5.32 Å². The topological polar surface area (TPSA) is 114 Å². The number of benzene rings is 3. The summed E-state index contributed by atoms with van der Waals surface area (Å²) >= 11 is 0. The first-order valence-corrected chi connectivity index (χ1v) is 16.7. The minimum atomic E-state index is -4.27. The largest absolute Gasteiger partial charge is 0.497 e. The third-order valence-corrected chi connectivity index (χ3v) is 9.86. The van der Waals surface area contributed by atoms with E-state index in [-0.39, 0.29) is 34.8 Å². The monoisotopic (exact) mass is 637 g/mol. The van der Waals surface area contributed by atoms with E-state index < -0.39 is 28.5 Å². The predicted molar refractivity (Wildman–Crippen MR) is 173 cm³/mol. The quantitative estimate of drug-likeness (QED) is 0.260. The standard InChI is InChI=1S/C34H43N3O7S/c1-5-30(34(39)35-26-14-8-6-9-15-26)36(23-25-13-12-16-27(21-25)42-2)33(38)24-37(45(40,41)29-17-10-7-11-18-29)31-22-28(43-3)19-20-32(31)44-4/h7,10-13,16-22,26,30H,5-6,8-9,14-15,23-24H2,1-4H3,(H,35,39)/t30-/m1/s1. The molecule has 1 fully saturated rings. The van der Waals surface area contributed by atoms with Crippen LogP contribution in [0, 0.1) is 0 Å². The molecule has 1 saturated carbocycles. The summed E-state index contributed by atoms with van der Waals surface area (Å²) in [7, 11) is 0.189. The molecule has 0 aliphatic heterocycles. The lowest BCUT2D eigenvalue weighted by Gasteiger charge is -2.34. The minimum Gasteiger partial charge on any atom is -0.497 e. The van der Waals surface area contributed by atoms with Crippen LogP contribution in [0.4, 0.5) is 5.69 Å². The smallest absolute Gasteiger partial charge is 0.264 e. The zero-order valence-electron chi connectivity index (χ0n) is 26.4. The van der Waals surface area contributed by atoms with Crippen molar-refractivity contribution in [1.82, 2.24) is 10.2 Å². The van der Waals surface area contributed by atoms with Gasteiger partial charge in [-0.15, -0.1) is 0 Å². The molecule has 2 amide bonds. The lowest BCUT2D eigenvalue weighted by Crippen LogP contribution is -2.54. The molecular weight excluding hydrogens is 594 g/mol. The maximum absolute atomic E-state index is 14.5. The molecule has 0 bridgehead atoms. The Kier molecular flexibility index (Phi) is 11.7. The number of ether oxygens (including phenoxy) is 3. The second-order valence-corrected chi connectivity index (χ2v) is 12.9. The van der Waals surface area contributed by atoms with Crippen LogP contribution in [0.3, 0.4) is 0 Å². The lowest BCUT2D eigenvalue weighted by atomic mass is 9.95. The van der Waals surface area contributed by atoms with E-state index in [0.29, 0.717) is 17.9 Å². The number of hydrogen-bond acceptors (Lipinski definition) is 7. The highest BCUT2D eigenvalue weighted by Crippen LogP contribution is 2.36. The van der Waals surface area contributed by atoms with Crippen LogP contribution in [0.2, 0.25) is 0 Å². The number of nitrogens with zero attached hydrogens (tertiary/aromatic N) is 2. The molecule has 0 unspecified atom stereocenters. The molecule has 11 heteroatoms. The number of carbonyl (C=O) groups is 2. The van der Waals surface area contributed by atoms with Gasteiger partial charge >= 0.3 is 0 Å². The van der Waals surface area contributed by atoms with Gasteiger partial charge in [0.2, 0.25) is 11.8 Å². The van der Waals surface area contributed by atoms with Crippen LogP contribution in [0.5, 0.6) is 17.2 Å². The van der Waals surface area contributed by atoms with Crippen molar-refractivity contribution >= 4 is 27.5 Å². The van der Waals surface area contributed by atoms with Crippen LogP contribution in [-0.2, 0) is 26.2 Å². The summed E-state index contributed by atoms with van der Waals surface area (Å²) < 4.78 is 45.8. The Hall–Kier alpha value is -4.25. The number of methoxy groups -OCH3 is 3. The predicted octanol–water partition coefficient (Wildman–Crippen LogP) is 5.16. The van der Waals surface area contributed by atoms with Crippen LogP contribution >= 0.6 is 0 Å². The van der Waals surface area contributed by atoms with Crippen LogP contribution in [0.1, 0.15) is 51.0 Å². The van der Waals surface area contributed by atoms with Gasteiger partial charge in [0, 0.05) is 18.7 Å². The Bertz CT molecular complexity index is 1540. The van der Waals surface area contributed by atoms with Crippen molar-refractivity contribution < 1.29 is 32.2 Å². The highest BCUT2D eigenvalue weighted by molar-refractivity contribution is 7.92. The number of carbonyl (C=O) groups excluding carboxylic acids is 2. The summed E-state index contributed by atoms with van der Waals surface area (Å²) in [6.45, 7) is 1.33. The number of sulfonamides is 1. The summed E-state index contributed by atoms with van der Waals surface area (Å²) in [4.78, 5) is 29.7. The van der Waals surface area contributed by atoms with Crippen molar-refractivity contribution in [2.75, 3.05) is 32.2 Å². The summed E-state index contributed by atoms with van der Waals surface area (Å²) in [6, 6.07) is 19.1. The first-order valence-electron chi connectivity index (χ1n) is 15.2. The van der Waals surface area contributed by atoms with Gasteiger partial charge in [0.05, 0.1) is 31.9 Å². The molecule has 1 aliphatic carbocycles. The molecule has 0 spiro atoms. The third kappa shape index (κ3) is 8.27. The van der Waals surface area contributed by atoms with E-state index >= 15 is 0 Å². The first kappa shape index (κ1) is 33.6. The number of amides is 2. The molecule has 0 aromatic heterocycles. The van der Waals surface area contributed by atoms with Crippen molar-refractivity contribution in [1.29, 1.82) is 0 Å². The molecule has 1 atom stereocenters. The summed E-state index contributed by atoms with van der Waals surface area (Å²) in [6.07, 6.45) is 5.35. The Balaban J connectivity index is 1.77. The van der Waals surface area contributed by atoms with Gasteiger partial charge in [-0.05, 0) is 61.2 Å². The van der Waals surface area contributed by atoms with Gasteiger partial charge < -0.3 is 24.4 Å². The number of rotatable bonds is 14. The molecule has 10 nitrogen and oxygen atoms in total. The maximum atomic E-state index is 14.5. The Morgan fingerprint density at radius 3 is 2.20 bits per heavy atom. The molecule has 3 aromatic rings. The van der Waals surface area contributed by atoms with Crippen molar-refractivity contribution in [3.8, 4) is 17.2 Å². The van der Waals surface area contributed by atoms with Gasteiger partial charge in [-0.3, -0.25) is 13.9 Å². The number of anilines is 1. The average Bonchev–Trinajstić information content (AvgIpc) is 3.07. The molecule has 0 heterocycles. The molecule has 0 radical (unpaired) electrons. The van der Waals surface area contributed by atoms with Crippen molar-refractivity contribution in [2.45, 2.75) is 69.0 Å². The van der Waals surface area contributed by atoms with E-state index in [4.69, 9.17) is 14.2 Å². The van der Waals surface area contributed by atoms with Crippen LogP contribution < -0.4 is 23.8 Å². The fourth-order valence-electron chi connectivity index (χ4n) is 5.66. The van der Waals surface area contributed by atoms with Gasteiger partial charge in [-0.25, -0.2) is 8.42 Å². The zero-order chi connectivity index (χ0) is 32.4. The lowest BCUT2D eigenvalue weighted by molar-refractivity contribution is -0.140. The van der Waals surface area contributed by atoms with E-state index in [9.17, 15) is 18.0 Å². The molecule has 242 valence electrons. The van der Waals surface area contributed by atoms with Gasteiger partial charge in [-0.2, -0.15) is 0 Å². The molecule has 45 heavy (non-hydrogen) atoms. The highest BCUT2D eigenvalue weighted by atomic mass is 32.2. The SMILES string of the molecule is CC[C@H](C(=O)NC1CCCCC1)N(Cc1cccc(OC)c1)C(=O)CN(c1cc(OC)ccc1OC)S(=O)(=O)c1ccccc1. The second-order valence-electron chi connectivity index (χ2n) is 11.0. The molecule has 1 N–H and O–H groups in total. The molecule has 4 rings (SSSR count). The highest BCUT2D eigenvalue weighted by Gasteiger charge is 2.35. The fourth-order valence-corrected chi connectivity index (χ4v) is 7.09. The number of hydrogen-bond donors (Lipinski definition) is 1. The van der Waals surface area contributed by atoms with E-state index in [0.717, 1.165) is 42.0 Å². The minimum absolute atomic E-state index is 0.00380. The summed E-state index contributed by atoms with van der Waals surface area (Å²) in [5.74, 6) is 0.432. The van der Waals surface area contributed by atoms with E-state index in [1.54, 1.807) is 49.6 Å². The average molecular weight is 638 g/mol. The van der Waals surface area contributed by atoms with Crippen LogP contribution in [-0.4, -0.2) is 65.1 Å².